The van der Waals surface area contributed by atoms with Crippen LogP contribution in [0.2, 0.25) is 5.02 Å². The zero-order valence-electron chi connectivity index (χ0n) is 17.6. The van der Waals surface area contributed by atoms with Crippen LogP contribution < -0.4 is 21.3 Å². The molecule has 2 aliphatic rings. The second-order valence-corrected chi connectivity index (χ2v) is 8.47. The summed E-state index contributed by atoms with van der Waals surface area (Å²) < 4.78 is 0. The maximum Gasteiger partial charge on any atom is 0.151 e. The van der Waals surface area contributed by atoms with E-state index in [9.17, 15) is 0 Å². The summed E-state index contributed by atoms with van der Waals surface area (Å²) in [5, 5.41) is 15.1. The van der Waals surface area contributed by atoms with E-state index in [-0.39, 0.29) is 0 Å². The monoisotopic (exact) mass is 432 g/mol. The number of nitrogens with one attached hydrogen (secondary N) is 4. The van der Waals surface area contributed by atoms with Crippen molar-refractivity contribution < 1.29 is 0 Å². The van der Waals surface area contributed by atoms with E-state index in [0.29, 0.717) is 30.8 Å². The van der Waals surface area contributed by atoms with Crippen LogP contribution in [-0.4, -0.2) is 24.2 Å². The fraction of sp³-hybridized carbons (Fsp3) is 0.250. The molecule has 2 aliphatic heterocycles. The predicted octanol–water partition coefficient (Wildman–Crippen LogP) is 4.05. The molecular weight excluding hydrogens is 408 g/mol. The number of nitrogens with zero attached hydrogens (tertiary/aromatic N) is 2. The fourth-order valence-corrected chi connectivity index (χ4v) is 4.21. The molecule has 2 aromatic carbocycles. The van der Waals surface area contributed by atoms with Crippen LogP contribution in [-0.2, 0) is 6.54 Å². The van der Waals surface area contributed by atoms with Gasteiger partial charge in [-0.05, 0) is 35.2 Å². The molecule has 4 N–H and O–H groups in total. The minimum Gasteiger partial charge on any atom is -0.366 e. The summed E-state index contributed by atoms with van der Waals surface area (Å²) >= 11 is 6.49. The molecule has 5 rings (SSSR count). The van der Waals surface area contributed by atoms with Crippen LogP contribution in [0.3, 0.4) is 0 Å². The number of rotatable bonds is 5. The minimum absolute atomic E-state index is 0.447. The van der Waals surface area contributed by atoms with Crippen LogP contribution in [0.15, 0.2) is 65.0 Å². The molecule has 0 spiro atoms. The largest absolute Gasteiger partial charge is 0.366 e. The third kappa shape index (κ3) is 3.79. The second kappa shape index (κ2) is 8.12. The number of aromatic nitrogens is 1. The van der Waals surface area contributed by atoms with Crippen molar-refractivity contribution >= 4 is 28.3 Å². The Hall–Kier alpha value is -3.25. The van der Waals surface area contributed by atoms with E-state index in [1.807, 2.05) is 12.1 Å². The molecule has 0 amide bonds. The molecular formula is C24H25ClN6. The molecule has 0 unspecified atom stereocenters. The molecule has 0 atom stereocenters. The summed E-state index contributed by atoms with van der Waals surface area (Å²) in [4.78, 5) is 9.46. The van der Waals surface area contributed by atoms with Gasteiger partial charge < -0.3 is 21.3 Å². The molecule has 0 radical (unpaired) electrons. The molecule has 6 nitrogen and oxygen atoms in total. The van der Waals surface area contributed by atoms with Gasteiger partial charge in [0.25, 0.3) is 0 Å². The number of hydrogen-bond donors (Lipinski definition) is 4. The van der Waals surface area contributed by atoms with Gasteiger partial charge in [0.2, 0.25) is 0 Å². The molecule has 1 aromatic heterocycles. The second-order valence-electron chi connectivity index (χ2n) is 8.06. The lowest BCUT2D eigenvalue weighted by Gasteiger charge is -2.20. The Morgan fingerprint density at radius 2 is 1.94 bits per heavy atom. The SMILES string of the molecule is CC(C)c1cccc(-c2nc3c(Cl)cccc3cc2CNC2=C3NCNC3=NCN2)c1. The van der Waals surface area contributed by atoms with E-state index < -0.39 is 0 Å². The highest BCUT2D eigenvalue weighted by atomic mass is 35.5. The van der Waals surface area contributed by atoms with Crippen LogP contribution >= 0.6 is 11.6 Å². The molecule has 3 heterocycles. The smallest absolute Gasteiger partial charge is 0.151 e. The van der Waals surface area contributed by atoms with Gasteiger partial charge in [0.05, 0.1) is 22.9 Å². The Bertz CT molecular complexity index is 1210. The van der Waals surface area contributed by atoms with Crippen molar-refractivity contribution in [2.45, 2.75) is 26.3 Å². The van der Waals surface area contributed by atoms with Crippen molar-refractivity contribution in [2.24, 2.45) is 4.99 Å². The van der Waals surface area contributed by atoms with Crippen molar-refractivity contribution in [2.75, 3.05) is 13.3 Å². The third-order valence-electron chi connectivity index (χ3n) is 5.66. The van der Waals surface area contributed by atoms with Crippen molar-refractivity contribution in [1.82, 2.24) is 26.3 Å². The summed E-state index contributed by atoms with van der Waals surface area (Å²) in [7, 11) is 0. The van der Waals surface area contributed by atoms with Gasteiger partial charge in [0.15, 0.2) is 5.84 Å². The lowest BCUT2D eigenvalue weighted by atomic mass is 9.97. The Morgan fingerprint density at radius 3 is 2.81 bits per heavy atom. The fourth-order valence-electron chi connectivity index (χ4n) is 3.99. The molecule has 31 heavy (non-hydrogen) atoms. The molecule has 158 valence electrons. The van der Waals surface area contributed by atoms with Crippen molar-refractivity contribution in [3.8, 4) is 11.3 Å². The minimum atomic E-state index is 0.447. The number of amidine groups is 1. The lowest BCUT2D eigenvalue weighted by molar-refractivity contribution is 0.665. The van der Waals surface area contributed by atoms with Gasteiger partial charge >= 0.3 is 0 Å². The lowest BCUT2D eigenvalue weighted by Crippen LogP contribution is -2.36. The predicted molar refractivity (Wildman–Crippen MR) is 127 cm³/mol. The first kappa shape index (κ1) is 19.7. The van der Waals surface area contributed by atoms with E-state index in [1.54, 1.807) is 0 Å². The highest BCUT2D eigenvalue weighted by Crippen LogP contribution is 2.31. The van der Waals surface area contributed by atoms with Crippen molar-refractivity contribution in [3.05, 3.63) is 76.2 Å². The molecule has 0 saturated carbocycles. The highest BCUT2D eigenvalue weighted by Gasteiger charge is 2.22. The number of para-hydroxylation sites is 1. The molecule has 7 heteroatoms. The number of pyridine rings is 1. The number of hydrogen-bond acceptors (Lipinski definition) is 6. The van der Waals surface area contributed by atoms with Crippen LogP contribution in [0.5, 0.6) is 0 Å². The summed E-state index contributed by atoms with van der Waals surface area (Å²) in [6.07, 6.45) is 0. The Kier molecular flexibility index (Phi) is 5.16. The quantitative estimate of drug-likeness (QED) is 0.489. The van der Waals surface area contributed by atoms with Gasteiger partial charge in [0.1, 0.15) is 18.2 Å². The van der Waals surface area contributed by atoms with E-state index in [0.717, 1.165) is 45.1 Å². The van der Waals surface area contributed by atoms with Gasteiger partial charge in [-0.3, -0.25) is 0 Å². The molecule has 1 fully saturated rings. The number of benzene rings is 2. The summed E-state index contributed by atoms with van der Waals surface area (Å²) in [5.41, 5.74) is 6.25. The number of fused-ring (bicyclic) bond motifs is 2. The number of aliphatic imine (C=N–C) groups is 1. The summed E-state index contributed by atoms with van der Waals surface area (Å²) in [6.45, 7) is 6.26. The summed E-state index contributed by atoms with van der Waals surface area (Å²) in [6, 6.07) is 16.7. The zero-order chi connectivity index (χ0) is 21.4. The van der Waals surface area contributed by atoms with E-state index in [4.69, 9.17) is 16.6 Å². The van der Waals surface area contributed by atoms with Crippen LogP contribution in [0.4, 0.5) is 0 Å². The van der Waals surface area contributed by atoms with Crippen molar-refractivity contribution in [1.29, 1.82) is 0 Å². The van der Waals surface area contributed by atoms with Crippen LogP contribution in [0.1, 0.15) is 30.9 Å². The first-order valence-electron chi connectivity index (χ1n) is 10.5. The maximum atomic E-state index is 6.49. The van der Waals surface area contributed by atoms with Crippen molar-refractivity contribution in [3.63, 3.8) is 0 Å². The first-order valence-corrected chi connectivity index (χ1v) is 10.9. The van der Waals surface area contributed by atoms with E-state index in [1.165, 1.54) is 5.56 Å². The van der Waals surface area contributed by atoms with Crippen LogP contribution in [0, 0.1) is 0 Å². The Morgan fingerprint density at radius 1 is 1.06 bits per heavy atom. The van der Waals surface area contributed by atoms with E-state index in [2.05, 4.69) is 76.5 Å². The normalized spacial score (nSPS) is 15.3. The Balaban J connectivity index is 1.57. The molecule has 3 aromatic rings. The van der Waals surface area contributed by atoms with Gasteiger partial charge in [-0.25, -0.2) is 9.98 Å². The highest BCUT2D eigenvalue weighted by molar-refractivity contribution is 6.35. The van der Waals surface area contributed by atoms with E-state index >= 15 is 0 Å². The third-order valence-corrected chi connectivity index (χ3v) is 5.96. The van der Waals surface area contributed by atoms with Gasteiger partial charge in [-0.2, -0.15) is 0 Å². The maximum absolute atomic E-state index is 6.49. The standard InChI is InChI=1S/C24H25ClN6/c1-14(2)15-5-3-6-16(9-15)20-18(10-17-7-4-8-19(25)21(17)31-20)11-26-23-22-24(28-12-27-22)30-13-29-23/h3-10,14,26-27,29H,11-13H2,1-2H3,(H,28,30). The van der Waals surface area contributed by atoms with Gasteiger partial charge in [-0.1, -0.05) is 55.8 Å². The summed E-state index contributed by atoms with van der Waals surface area (Å²) in [5.74, 6) is 2.29. The van der Waals surface area contributed by atoms with Crippen LogP contribution in [0.25, 0.3) is 22.2 Å². The molecule has 0 bridgehead atoms. The number of halogens is 1. The Labute approximate surface area is 186 Å². The van der Waals surface area contributed by atoms with Gasteiger partial charge in [0, 0.05) is 17.5 Å². The topological polar surface area (TPSA) is 73.4 Å². The molecule has 0 aliphatic carbocycles. The molecule has 1 saturated heterocycles. The average molecular weight is 433 g/mol. The zero-order valence-corrected chi connectivity index (χ0v) is 18.3. The average Bonchev–Trinajstić information content (AvgIpc) is 3.27. The first-order chi connectivity index (χ1) is 15.1. The van der Waals surface area contributed by atoms with Gasteiger partial charge in [-0.15, -0.1) is 0 Å².